The van der Waals surface area contributed by atoms with Gasteiger partial charge in [-0.1, -0.05) is 4.49 Å². The molecule has 0 N–H and O–H groups in total. The van der Waals surface area contributed by atoms with Gasteiger partial charge in [0.15, 0.2) is 4.83 Å². The molecule has 0 aromatic carbocycles. The van der Waals surface area contributed by atoms with Crippen molar-refractivity contribution in [3.8, 4) is 0 Å². The second kappa shape index (κ2) is 7.54. The fraction of sp³-hybridized carbons (Fsp3) is 0.529. The number of likely N-dealkylation sites (N-methyl/N-ethyl adjacent to an activating group) is 1. The molecule has 2 aromatic rings. The van der Waals surface area contributed by atoms with Crippen LogP contribution in [0.5, 0.6) is 0 Å². The number of hydrogen-bond acceptors (Lipinski definition) is 8. The Labute approximate surface area is 179 Å². The molecule has 10 nitrogen and oxygen atoms in total. The Balaban J connectivity index is 1.46. The highest BCUT2D eigenvalue weighted by molar-refractivity contribution is 7.24. The number of rotatable bonds is 3. The number of urea groups is 1. The minimum absolute atomic E-state index is 0.129. The smallest absolute Gasteiger partial charge is 0.327 e. The molecule has 2 fully saturated rings. The van der Waals surface area contributed by atoms with E-state index in [1.165, 1.54) is 35.1 Å². The summed E-state index contributed by atoms with van der Waals surface area (Å²) in [6.45, 7) is 0.769. The lowest BCUT2D eigenvalue weighted by Crippen LogP contribution is -2.47. The number of hydrogen-bond donors (Lipinski definition) is 0. The Morgan fingerprint density at radius 3 is 2.63 bits per heavy atom. The average Bonchev–Trinajstić information content (AvgIpc) is 3.32. The molecular formula is C17H19FN6O4S2. The van der Waals surface area contributed by atoms with Crippen LogP contribution < -0.4 is 0 Å². The van der Waals surface area contributed by atoms with Gasteiger partial charge in [0.25, 0.3) is 5.91 Å². The van der Waals surface area contributed by atoms with Gasteiger partial charge >= 0.3 is 6.03 Å². The molecule has 2 aliphatic rings. The number of nitrogens with zero attached hydrogens (tertiary/aromatic N) is 6. The predicted octanol–water partition coefficient (Wildman–Crippen LogP) is 0.659. The molecule has 4 rings (SSSR count). The minimum Gasteiger partial charge on any atom is -0.336 e. The van der Waals surface area contributed by atoms with E-state index in [1.807, 2.05) is 0 Å². The lowest BCUT2D eigenvalue weighted by molar-refractivity contribution is -0.133. The second-order valence-corrected chi connectivity index (χ2v) is 9.22. The summed E-state index contributed by atoms with van der Waals surface area (Å²) >= 11 is 2.42. The van der Waals surface area contributed by atoms with Crippen LogP contribution in [0.1, 0.15) is 17.3 Å². The topological polar surface area (TPSA) is 107 Å². The van der Waals surface area contributed by atoms with Crippen molar-refractivity contribution in [2.45, 2.75) is 12.6 Å². The number of fused-ring (bicyclic) bond motifs is 1. The molecule has 160 valence electrons. The fourth-order valence-corrected chi connectivity index (χ4v) is 5.29. The zero-order valence-electron chi connectivity index (χ0n) is 16.3. The van der Waals surface area contributed by atoms with Crippen molar-refractivity contribution >= 4 is 56.2 Å². The first kappa shape index (κ1) is 20.6. The number of halogens is 1. The summed E-state index contributed by atoms with van der Waals surface area (Å²) in [5, 5.41) is 5.63. The number of aromatic nitrogens is 2. The molecule has 1 unspecified atom stereocenters. The Bertz CT molecular complexity index is 1040. The molecule has 0 bridgehead atoms. The largest absolute Gasteiger partial charge is 0.336 e. The lowest BCUT2D eigenvalue weighted by atomic mass is 10.1. The maximum absolute atomic E-state index is 15.2. The third-order valence-corrected chi connectivity index (χ3v) is 6.88. The van der Waals surface area contributed by atoms with E-state index in [2.05, 4.69) is 9.59 Å². The molecule has 1 atom stereocenters. The molecule has 13 heteroatoms. The van der Waals surface area contributed by atoms with Crippen molar-refractivity contribution in [3.63, 3.8) is 0 Å². The Kier molecular flexibility index (Phi) is 5.18. The quantitative estimate of drug-likeness (QED) is 0.631. The van der Waals surface area contributed by atoms with Gasteiger partial charge in [0.2, 0.25) is 11.8 Å². The van der Waals surface area contributed by atoms with Crippen LogP contribution in [0.25, 0.3) is 9.53 Å². The van der Waals surface area contributed by atoms with E-state index in [-0.39, 0.29) is 45.2 Å². The molecule has 5 amide bonds. The van der Waals surface area contributed by atoms with Gasteiger partial charge in [0.05, 0.1) is 23.4 Å². The van der Waals surface area contributed by atoms with Crippen LogP contribution in [-0.4, -0.2) is 105 Å². The average molecular weight is 455 g/mol. The van der Waals surface area contributed by atoms with Crippen molar-refractivity contribution in [1.82, 2.24) is 29.2 Å². The first-order valence-electron chi connectivity index (χ1n) is 9.17. The Hall–Kier alpha value is -2.67. The SMILES string of the molecule is CN1C(=O)CN(CC(=O)N2CCN(C(=O)c3csc4nnsc34)CC(C)(F)C2)C1=O. The first-order valence-corrected chi connectivity index (χ1v) is 10.8. The van der Waals surface area contributed by atoms with Crippen LogP contribution in [0.3, 0.4) is 0 Å². The number of thiophene rings is 1. The van der Waals surface area contributed by atoms with Crippen LogP contribution >= 0.6 is 22.9 Å². The summed E-state index contributed by atoms with van der Waals surface area (Å²) in [7, 11) is 1.35. The van der Waals surface area contributed by atoms with Crippen molar-refractivity contribution in [2.75, 3.05) is 46.3 Å². The predicted molar refractivity (Wildman–Crippen MR) is 107 cm³/mol. The van der Waals surface area contributed by atoms with E-state index in [1.54, 1.807) is 5.38 Å². The second-order valence-electron chi connectivity index (χ2n) is 7.60. The van der Waals surface area contributed by atoms with Gasteiger partial charge in [-0.2, -0.15) is 0 Å². The van der Waals surface area contributed by atoms with Crippen molar-refractivity contribution in [2.24, 2.45) is 0 Å². The minimum atomic E-state index is -1.83. The summed E-state index contributed by atoms with van der Waals surface area (Å²) in [5.74, 6) is -1.18. The van der Waals surface area contributed by atoms with Gasteiger partial charge in [0.1, 0.15) is 18.8 Å². The van der Waals surface area contributed by atoms with Crippen molar-refractivity contribution < 1.29 is 23.6 Å². The summed E-state index contributed by atoms with van der Waals surface area (Å²) < 4.78 is 19.7. The van der Waals surface area contributed by atoms with E-state index in [9.17, 15) is 19.2 Å². The number of carbonyl (C=O) groups excluding carboxylic acids is 4. The van der Waals surface area contributed by atoms with Gasteiger partial charge in [-0.25, -0.2) is 9.18 Å². The Morgan fingerprint density at radius 1 is 1.23 bits per heavy atom. The molecule has 0 radical (unpaired) electrons. The fourth-order valence-electron chi connectivity index (χ4n) is 3.58. The van der Waals surface area contributed by atoms with Crippen LogP contribution in [0.2, 0.25) is 0 Å². The third kappa shape index (κ3) is 3.74. The van der Waals surface area contributed by atoms with Gasteiger partial charge in [-0.3, -0.25) is 19.3 Å². The zero-order valence-corrected chi connectivity index (χ0v) is 18.0. The molecule has 2 aliphatic heterocycles. The summed E-state index contributed by atoms with van der Waals surface area (Å²) in [6, 6.07) is -0.553. The number of alkyl halides is 1. The van der Waals surface area contributed by atoms with Gasteiger partial charge in [-0.05, 0) is 18.5 Å². The maximum Gasteiger partial charge on any atom is 0.327 e. The Morgan fingerprint density at radius 2 is 1.93 bits per heavy atom. The molecule has 30 heavy (non-hydrogen) atoms. The summed E-state index contributed by atoms with van der Waals surface area (Å²) in [4.78, 5) is 54.8. The first-order chi connectivity index (χ1) is 14.2. The van der Waals surface area contributed by atoms with Gasteiger partial charge in [-0.15, -0.1) is 16.4 Å². The van der Waals surface area contributed by atoms with Crippen LogP contribution in [-0.2, 0) is 9.59 Å². The van der Waals surface area contributed by atoms with E-state index in [0.29, 0.717) is 15.1 Å². The summed E-state index contributed by atoms with van der Waals surface area (Å²) in [6.07, 6.45) is 0. The number of carbonyl (C=O) groups is 4. The number of amides is 5. The highest BCUT2D eigenvalue weighted by Gasteiger charge is 2.39. The molecule has 0 spiro atoms. The highest BCUT2D eigenvalue weighted by Crippen LogP contribution is 2.29. The van der Waals surface area contributed by atoms with Crippen molar-refractivity contribution in [1.29, 1.82) is 0 Å². The highest BCUT2D eigenvalue weighted by atomic mass is 32.1. The molecule has 2 saturated heterocycles. The molecule has 4 heterocycles. The van der Waals surface area contributed by atoms with E-state index >= 15 is 4.39 Å². The van der Waals surface area contributed by atoms with Gasteiger partial charge < -0.3 is 14.7 Å². The molecule has 0 saturated carbocycles. The number of imide groups is 1. The summed E-state index contributed by atoms with van der Waals surface area (Å²) in [5.41, 5.74) is -1.39. The van der Waals surface area contributed by atoms with Crippen LogP contribution in [0.15, 0.2) is 5.38 Å². The van der Waals surface area contributed by atoms with Crippen molar-refractivity contribution in [3.05, 3.63) is 10.9 Å². The lowest BCUT2D eigenvalue weighted by Gasteiger charge is -2.28. The van der Waals surface area contributed by atoms with E-state index < -0.39 is 23.5 Å². The standard InChI is InChI=1S/C17H19FN6O4S2/c1-17(18)8-22(12(26)6-24-5-11(25)21(2)16(24)28)3-4-23(9-17)15(27)10-7-29-14-13(10)30-20-19-14/h7H,3-6,8-9H2,1-2H3. The molecular weight excluding hydrogens is 435 g/mol. The molecule has 2 aromatic heterocycles. The monoisotopic (exact) mass is 454 g/mol. The van der Waals surface area contributed by atoms with E-state index in [4.69, 9.17) is 0 Å². The zero-order chi connectivity index (χ0) is 21.6. The third-order valence-electron chi connectivity index (χ3n) is 5.13. The normalized spacial score (nSPS) is 22.9. The van der Waals surface area contributed by atoms with E-state index in [0.717, 1.165) is 21.3 Å². The molecule has 0 aliphatic carbocycles. The van der Waals surface area contributed by atoms with Gasteiger partial charge in [0, 0.05) is 25.5 Å². The van der Waals surface area contributed by atoms with Crippen LogP contribution in [0.4, 0.5) is 9.18 Å². The maximum atomic E-state index is 15.2. The van der Waals surface area contributed by atoms with Crippen LogP contribution in [0, 0.1) is 0 Å².